The fourth-order valence-electron chi connectivity index (χ4n) is 1.71. The fraction of sp³-hybridized carbons (Fsp3) is 0.455. The Balaban J connectivity index is 2.59. The summed E-state index contributed by atoms with van der Waals surface area (Å²) in [5, 5.41) is 9.13. The highest BCUT2D eigenvalue weighted by atomic mass is 16.5. The van der Waals surface area contributed by atoms with Gasteiger partial charge < -0.3 is 4.74 Å². The zero-order valence-corrected chi connectivity index (χ0v) is 8.37. The van der Waals surface area contributed by atoms with Gasteiger partial charge in [-0.15, -0.1) is 0 Å². The molecule has 0 saturated heterocycles. The largest absolute Gasteiger partial charge is 0.373 e. The number of ether oxygens (including phenoxy) is 1. The van der Waals surface area contributed by atoms with Gasteiger partial charge in [-0.1, -0.05) is 6.07 Å². The van der Waals surface area contributed by atoms with Crippen LogP contribution in [0, 0.1) is 18.3 Å². The van der Waals surface area contributed by atoms with Crippen molar-refractivity contribution in [1.82, 2.24) is 4.98 Å². The molecule has 3 heteroatoms. The van der Waals surface area contributed by atoms with Crippen molar-refractivity contribution in [3.63, 3.8) is 0 Å². The summed E-state index contributed by atoms with van der Waals surface area (Å²) >= 11 is 0. The van der Waals surface area contributed by atoms with Crippen molar-refractivity contribution in [3.05, 3.63) is 29.1 Å². The number of fused-ring (bicyclic) bond motifs is 1. The average molecular weight is 188 g/mol. The van der Waals surface area contributed by atoms with Gasteiger partial charge in [0.2, 0.25) is 0 Å². The Morgan fingerprint density at radius 3 is 3.14 bits per heavy atom. The molecule has 0 N–H and O–H groups in total. The molecular formula is C11H12N2O. The van der Waals surface area contributed by atoms with E-state index in [1.807, 2.05) is 26.1 Å². The molecule has 0 saturated carbocycles. The lowest BCUT2D eigenvalue weighted by atomic mass is 9.82. The molecular weight excluding hydrogens is 176 g/mol. The van der Waals surface area contributed by atoms with E-state index in [0.717, 1.165) is 16.8 Å². The predicted octanol–water partition coefficient (Wildman–Crippen LogP) is 1.70. The lowest BCUT2D eigenvalue weighted by molar-refractivity contribution is 0.0728. The average Bonchev–Trinajstić information content (AvgIpc) is 2.20. The molecule has 0 aliphatic carbocycles. The third-order valence-electron chi connectivity index (χ3n) is 2.58. The first kappa shape index (κ1) is 9.17. The summed E-state index contributed by atoms with van der Waals surface area (Å²) in [5.74, 6) is 0. The second-order valence-corrected chi connectivity index (χ2v) is 3.94. The van der Waals surface area contributed by atoms with E-state index < -0.39 is 5.41 Å². The molecule has 2 heterocycles. The quantitative estimate of drug-likeness (QED) is 0.622. The van der Waals surface area contributed by atoms with Crippen molar-refractivity contribution in [2.24, 2.45) is 0 Å². The third-order valence-corrected chi connectivity index (χ3v) is 2.58. The van der Waals surface area contributed by atoms with Crippen LogP contribution in [-0.2, 0) is 16.8 Å². The first-order valence-corrected chi connectivity index (χ1v) is 4.61. The van der Waals surface area contributed by atoms with Gasteiger partial charge in [-0.25, -0.2) is 0 Å². The van der Waals surface area contributed by atoms with Gasteiger partial charge in [0.25, 0.3) is 0 Å². The van der Waals surface area contributed by atoms with Crippen LogP contribution in [0.3, 0.4) is 0 Å². The van der Waals surface area contributed by atoms with E-state index in [9.17, 15) is 0 Å². The van der Waals surface area contributed by atoms with Crippen molar-refractivity contribution in [3.8, 4) is 6.07 Å². The van der Waals surface area contributed by atoms with E-state index in [1.165, 1.54) is 0 Å². The van der Waals surface area contributed by atoms with Crippen molar-refractivity contribution >= 4 is 0 Å². The van der Waals surface area contributed by atoms with E-state index in [4.69, 9.17) is 10.00 Å². The van der Waals surface area contributed by atoms with Gasteiger partial charge in [-0.2, -0.15) is 5.26 Å². The fourth-order valence-corrected chi connectivity index (χ4v) is 1.71. The van der Waals surface area contributed by atoms with Crippen molar-refractivity contribution in [1.29, 1.82) is 5.26 Å². The maximum atomic E-state index is 9.13. The minimum absolute atomic E-state index is 0.460. The minimum atomic E-state index is -0.535. The zero-order chi connectivity index (χ0) is 10.2. The van der Waals surface area contributed by atoms with Crippen LogP contribution in [0.1, 0.15) is 23.7 Å². The van der Waals surface area contributed by atoms with Gasteiger partial charge in [0.15, 0.2) is 0 Å². The summed E-state index contributed by atoms with van der Waals surface area (Å²) < 4.78 is 5.36. The SMILES string of the molecule is Cc1cnc2c(c1)C(C)(C#N)COC2. The monoisotopic (exact) mass is 188 g/mol. The molecule has 1 aromatic rings. The summed E-state index contributed by atoms with van der Waals surface area (Å²) in [4.78, 5) is 4.29. The Bertz CT molecular complexity index is 408. The molecule has 1 aromatic heterocycles. The number of rotatable bonds is 0. The Kier molecular flexibility index (Phi) is 2.01. The number of hydrogen-bond acceptors (Lipinski definition) is 3. The second kappa shape index (κ2) is 3.07. The van der Waals surface area contributed by atoms with E-state index in [0.29, 0.717) is 13.2 Å². The van der Waals surface area contributed by atoms with Crippen LogP contribution in [0.25, 0.3) is 0 Å². The summed E-state index contributed by atoms with van der Waals surface area (Å²) in [7, 11) is 0. The predicted molar refractivity (Wildman–Crippen MR) is 51.6 cm³/mol. The molecule has 3 nitrogen and oxygen atoms in total. The molecule has 2 rings (SSSR count). The van der Waals surface area contributed by atoms with E-state index in [-0.39, 0.29) is 0 Å². The molecule has 1 atom stereocenters. The van der Waals surface area contributed by atoms with Crippen molar-refractivity contribution in [2.45, 2.75) is 25.9 Å². The molecule has 72 valence electrons. The lowest BCUT2D eigenvalue weighted by Crippen LogP contribution is -2.32. The van der Waals surface area contributed by atoms with Gasteiger partial charge >= 0.3 is 0 Å². The van der Waals surface area contributed by atoms with Gasteiger partial charge in [-0.05, 0) is 25.0 Å². The minimum Gasteiger partial charge on any atom is -0.373 e. The number of aromatic nitrogens is 1. The standard InChI is InChI=1S/C11H12N2O/c1-8-3-9-10(13-4-8)5-14-7-11(9,2)6-12/h3-4H,5,7H2,1-2H3. The molecule has 0 amide bonds. The lowest BCUT2D eigenvalue weighted by Gasteiger charge is -2.29. The van der Waals surface area contributed by atoms with Gasteiger partial charge in [0.1, 0.15) is 5.41 Å². The molecule has 14 heavy (non-hydrogen) atoms. The first-order valence-electron chi connectivity index (χ1n) is 4.61. The number of hydrogen-bond donors (Lipinski definition) is 0. The number of nitriles is 1. The summed E-state index contributed by atoms with van der Waals surface area (Å²) in [5.41, 5.74) is 2.47. The smallest absolute Gasteiger partial charge is 0.104 e. The normalized spacial score (nSPS) is 25.2. The summed E-state index contributed by atoms with van der Waals surface area (Å²) in [6.07, 6.45) is 1.81. The Morgan fingerprint density at radius 2 is 2.43 bits per heavy atom. The highest BCUT2D eigenvalue weighted by molar-refractivity contribution is 5.38. The molecule has 1 aliphatic rings. The van der Waals surface area contributed by atoms with Gasteiger partial charge in [0.05, 0.1) is 25.0 Å². The van der Waals surface area contributed by atoms with Crippen molar-refractivity contribution in [2.75, 3.05) is 6.61 Å². The highest BCUT2D eigenvalue weighted by Gasteiger charge is 2.33. The number of aryl methyl sites for hydroxylation is 1. The topological polar surface area (TPSA) is 45.9 Å². The Labute approximate surface area is 83.3 Å². The first-order chi connectivity index (χ1) is 6.65. The second-order valence-electron chi connectivity index (χ2n) is 3.94. The molecule has 0 aromatic carbocycles. The molecule has 1 aliphatic heterocycles. The van der Waals surface area contributed by atoms with Crippen LogP contribution in [-0.4, -0.2) is 11.6 Å². The van der Waals surface area contributed by atoms with E-state index >= 15 is 0 Å². The van der Waals surface area contributed by atoms with Crippen LogP contribution in [0.5, 0.6) is 0 Å². The van der Waals surface area contributed by atoms with Crippen molar-refractivity contribution < 1.29 is 4.74 Å². The summed E-state index contributed by atoms with van der Waals surface area (Å²) in [6, 6.07) is 4.33. The van der Waals surface area contributed by atoms with E-state index in [2.05, 4.69) is 11.1 Å². The molecule has 0 radical (unpaired) electrons. The summed E-state index contributed by atoms with van der Waals surface area (Å²) in [6.45, 7) is 4.86. The maximum absolute atomic E-state index is 9.13. The maximum Gasteiger partial charge on any atom is 0.104 e. The zero-order valence-electron chi connectivity index (χ0n) is 8.37. The number of nitrogens with zero attached hydrogens (tertiary/aromatic N) is 2. The molecule has 0 spiro atoms. The van der Waals surface area contributed by atoms with Crippen LogP contribution in [0.2, 0.25) is 0 Å². The molecule has 0 fully saturated rings. The van der Waals surface area contributed by atoms with Crippen LogP contribution in [0.15, 0.2) is 12.3 Å². The Morgan fingerprint density at radius 1 is 1.64 bits per heavy atom. The van der Waals surface area contributed by atoms with E-state index in [1.54, 1.807) is 0 Å². The Hall–Kier alpha value is -1.40. The third kappa shape index (κ3) is 1.28. The number of pyridine rings is 1. The van der Waals surface area contributed by atoms with Gasteiger partial charge in [0, 0.05) is 6.20 Å². The molecule has 0 bridgehead atoms. The highest BCUT2D eigenvalue weighted by Crippen LogP contribution is 2.30. The van der Waals surface area contributed by atoms with Crippen LogP contribution < -0.4 is 0 Å². The van der Waals surface area contributed by atoms with Gasteiger partial charge in [-0.3, -0.25) is 4.98 Å². The van der Waals surface area contributed by atoms with Crippen LogP contribution in [0.4, 0.5) is 0 Å². The van der Waals surface area contributed by atoms with Crippen LogP contribution >= 0.6 is 0 Å². The molecule has 1 unspecified atom stereocenters.